The first-order valence-corrected chi connectivity index (χ1v) is 7.01. The quantitative estimate of drug-likeness (QED) is 0.747. The smallest absolute Gasteiger partial charge is 0.0817 e. The molecule has 0 bridgehead atoms. The molecule has 0 saturated heterocycles. The predicted octanol–water partition coefficient (Wildman–Crippen LogP) is 3.77. The summed E-state index contributed by atoms with van der Waals surface area (Å²) in [7, 11) is 1.68. The second-order valence-corrected chi connectivity index (χ2v) is 6.46. The lowest BCUT2D eigenvalue weighted by Gasteiger charge is -2.25. The molecule has 5 heteroatoms. The van der Waals surface area contributed by atoms with Gasteiger partial charge in [0.15, 0.2) is 0 Å². The summed E-state index contributed by atoms with van der Waals surface area (Å²) in [6, 6.07) is 0. The normalized spacial score (nSPS) is 13.9. The topological polar surface area (TPSA) is 27.1 Å². The van der Waals surface area contributed by atoms with E-state index in [2.05, 4.69) is 25.9 Å². The Balaban J connectivity index is 2.63. The molecule has 0 N–H and O–H groups in total. The van der Waals surface area contributed by atoms with Crippen LogP contribution < -0.4 is 0 Å². The zero-order chi connectivity index (χ0) is 13.8. The van der Waals surface area contributed by atoms with E-state index in [0.717, 1.165) is 25.1 Å². The maximum absolute atomic E-state index is 6.39. The van der Waals surface area contributed by atoms with Crippen LogP contribution in [0.25, 0.3) is 0 Å². The molecular weight excluding hydrogens is 271 g/mol. The molecule has 1 aromatic rings. The van der Waals surface area contributed by atoms with Crippen LogP contribution in [-0.2, 0) is 17.7 Å². The Kier molecular flexibility index (Phi) is 5.96. The van der Waals surface area contributed by atoms with E-state index in [0.29, 0.717) is 11.6 Å². The molecule has 0 fully saturated rings. The third-order valence-corrected chi connectivity index (χ3v) is 4.17. The maximum Gasteiger partial charge on any atom is 0.0817 e. The van der Waals surface area contributed by atoms with Crippen molar-refractivity contribution in [1.82, 2.24) is 9.78 Å². The fourth-order valence-corrected chi connectivity index (χ4v) is 2.05. The average Bonchev–Trinajstić information content (AvgIpc) is 2.63. The lowest BCUT2D eigenvalue weighted by Crippen LogP contribution is -2.22. The van der Waals surface area contributed by atoms with Gasteiger partial charge in [-0.2, -0.15) is 5.10 Å². The zero-order valence-electron chi connectivity index (χ0n) is 11.5. The minimum atomic E-state index is 0.103. The van der Waals surface area contributed by atoms with E-state index in [4.69, 9.17) is 27.9 Å². The molecule has 1 heterocycles. The van der Waals surface area contributed by atoms with E-state index >= 15 is 0 Å². The molecule has 0 spiro atoms. The molecule has 0 amide bonds. The molecule has 0 aliphatic carbocycles. The van der Waals surface area contributed by atoms with Crippen molar-refractivity contribution in [3.8, 4) is 0 Å². The van der Waals surface area contributed by atoms with Gasteiger partial charge in [-0.15, -0.1) is 11.6 Å². The summed E-state index contributed by atoms with van der Waals surface area (Å²) in [5, 5.41) is 5.09. The number of nitrogens with zero attached hydrogens (tertiary/aromatic N) is 2. The van der Waals surface area contributed by atoms with E-state index in [-0.39, 0.29) is 10.8 Å². The first-order chi connectivity index (χ1) is 8.36. The number of halogens is 2. The summed E-state index contributed by atoms with van der Waals surface area (Å²) in [5.74, 6) is 0. The van der Waals surface area contributed by atoms with Gasteiger partial charge in [0.25, 0.3) is 0 Å². The van der Waals surface area contributed by atoms with Crippen LogP contribution in [0.2, 0.25) is 5.02 Å². The third kappa shape index (κ3) is 4.45. The van der Waals surface area contributed by atoms with Crippen LogP contribution in [-0.4, -0.2) is 28.9 Å². The van der Waals surface area contributed by atoms with Gasteiger partial charge in [0.2, 0.25) is 0 Å². The molecule has 0 radical (unpaired) electrons. The largest absolute Gasteiger partial charge is 0.383 e. The van der Waals surface area contributed by atoms with Gasteiger partial charge in [0, 0.05) is 12.5 Å². The van der Waals surface area contributed by atoms with Crippen molar-refractivity contribution in [3.63, 3.8) is 0 Å². The predicted molar refractivity (Wildman–Crippen MR) is 76.5 cm³/mol. The summed E-state index contributed by atoms with van der Waals surface area (Å²) < 4.78 is 6.96. The monoisotopic (exact) mass is 292 g/mol. The Hall–Kier alpha value is -0.250. The summed E-state index contributed by atoms with van der Waals surface area (Å²) in [6.07, 6.45) is 3.42. The number of rotatable bonds is 6. The summed E-state index contributed by atoms with van der Waals surface area (Å²) >= 11 is 12.5. The van der Waals surface area contributed by atoms with Gasteiger partial charge < -0.3 is 4.74 Å². The number of hydrogen-bond donors (Lipinski definition) is 0. The van der Waals surface area contributed by atoms with Gasteiger partial charge in [-0.25, -0.2) is 0 Å². The standard InChI is InChI=1S/C13H22Cl2N2O/c1-13(2,3)12(15)6-5-11-10(14)9-16-17(11)7-8-18-4/h9,12H,5-8H2,1-4H3. The molecule has 3 nitrogen and oxygen atoms in total. The van der Waals surface area contributed by atoms with Crippen molar-refractivity contribution in [2.24, 2.45) is 5.41 Å². The Morgan fingerprint density at radius 1 is 1.44 bits per heavy atom. The second-order valence-electron chi connectivity index (χ2n) is 5.53. The number of hydrogen-bond acceptors (Lipinski definition) is 2. The Labute approximate surface area is 119 Å². The Morgan fingerprint density at radius 2 is 2.11 bits per heavy atom. The molecular formula is C13H22Cl2N2O. The molecule has 18 heavy (non-hydrogen) atoms. The number of ether oxygens (including phenoxy) is 1. The second kappa shape index (κ2) is 6.78. The Bertz CT molecular complexity index is 372. The fourth-order valence-electron chi connectivity index (χ4n) is 1.70. The van der Waals surface area contributed by atoms with E-state index < -0.39 is 0 Å². The lowest BCUT2D eigenvalue weighted by atomic mass is 9.89. The van der Waals surface area contributed by atoms with Crippen molar-refractivity contribution in [3.05, 3.63) is 16.9 Å². The molecule has 1 atom stereocenters. The molecule has 1 unspecified atom stereocenters. The van der Waals surface area contributed by atoms with E-state index in [1.807, 2.05) is 4.68 Å². The van der Waals surface area contributed by atoms with Crippen molar-refractivity contribution >= 4 is 23.2 Å². The van der Waals surface area contributed by atoms with Crippen LogP contribution in [0, 0.1) is 5.41 Å². The van der Waals surface area contributed by atoms with E-state index in [1.165, 1.54) is 0 Å². The summed E-state index contributed by atoms with van der Waals surface area (Å²) in [6.45, 7) is 7.80. The van der Waals surface area contributed by atoms with Gasteiger partial charge in [0.1, 0.15) is 0 Å². The van der Waals surface area contributed by atoms with Crippen LogP contribution >= 0.6 is 23.2 Å². The SMILES string of the molecule is COCCn1ncc(Cl)c1CCC(Cl)C(C)(C)C. The molecule has 0 aliphatic heterocycles. The molecule has 1 rings (SSSR count). The van der Waals surface area contributed by atoms with Gasteiger partial charge in [-0.1, -0.05) is 32.4 Å². The van der Waals surface area contributed by atoms with Crippen LogP contribution in [0.4, 0.5) is 0 Å². The number of aromatic nitrogens is 2. The lowest BCUT2D eigenvalue weighted by molar-refractivity contribution is 0.182. The van der Waals surface area contributed by atoms with Gasteiger partial charge in [-0.05, 0) is 18.3 Å². The van der Waals surface area contributed by atoms with Gasteiger partial charge in [-0.3, -0.25) is 4.68 Å². The van der Waals surface area contributed by atoms with Crippen molar-refractivity contribution in [2.45, 2.75) is 45.5 Å². The van der Waals surface area contributed by atoms with Crippen LogP contribution in [0.3, 0.4) is 0 Å². The highest BCUT2D eigenvalue weighted by Gasteiger charge is 2.23. The maximum atomic E-state index is 6.39. The molecule has 1 aromatic heterocycles. The number of alkyl halides is 1. The first-order valence-electron chi connectivity index (χ1n) is 6.19. The summed E-state index contributed by atoms with van der Waals surface area (Å²) in [4.78, 5) is 0. The molecule has 0 saturated carbocycles. The molecule has 0 aromatic carbocycles. The van der Waals surface area contributed by atoms with Gasteiger partial charge >= 0.3 is 0 Å². The number of methoxy groups -OCH3 is 1. The highest BCUT2D eigenvalue weighted by molar-refractivity contribution is 6.31. The molecule has 0 aliphatic rings. The van der Waals surface area contributed by atoms with E-state index in [1.54, 1.807) is 13.3 Å². The van der Waals surface area contributed by atoms with Crippen LogP contribution in [0.1, 0.15) is 32.9 Å². The van der Waals surface area contributed by atoms with E-state index in [9.17, 15) is 0 Å². The van der Waals surface area contributed by atoms with Gasteiger partial charge in [0.05, 0.1) is 30.1 Å². The minimum Gasteiger partial charge on any atom is -0.383 e. The highest BCUT2D eigenvalue weighted by Crippen LogP contribution is 2.29. The Morgan fingerprint density at radius 3 is 2.67 bits per heavy atom. The van der Waals surface area contributed by atoms with Crippen molar-refractivity contribution < 1.29 is 4.74 Å². The average molecular weight is 293 g/mol. The highest BCUT2D eigenvalue weighted by atomic mass is 35.5. The first kappa shape index (κ1) is 15.8. The van der Waals surface area contributed by atoms with Crippen LogP contribution in [0.15, 0.2) is 6.20 Å². The fraction of sp³-hybridized carbons (Fsp3) is 0.769. The van der Waals surface area contributed by atoms with Crippen molar-refractivity contribution in [1.29, 1.82) is 0 Å². The molecule has 104 valence electrons. The summed E-state index contributed by atoms with van der Waals surface area (Å²) in [5.41, 5.74) is 1.15. The van der Waals surface area contributed by atoms with Crippen molar-refractivity contribution in [2.75, 3.05) is 13.7 Å². The minimum absolute atomic E-state index is 0.103. The third-order valence-electron chi connectivity index (χ3n) is 2.98. The van der Waals surface area contributed by atoms with Crippen LogP contribution in [0.5, 0.6) is 0 Å². The zero-order valence-corrected chi connectivity index (χ0v) is 13.1.